The summed E-state index contributed by atoms with van der Waals surface area (Å²) in [5.74, 6) is -0.576. The quantitative estimate of drug-likeness (QED) is 0.335. The number of para-hydroxylation sites is 1. The van der Waals surface area contributed by atoms with Crippen molar-refractivity contribution in [3.8, 4) is 0 Å². The number of hydrogen-bond acceptors (Lipinski definition) is 4. The maximum Gasteiger partial charge on any atom is 0.329 e. The first-order valence-corrected chi connectivity index (χ1v) is 10.4. The molecular formula is C24H29N3O3. The lowest BCUT2D eigenvalue weighted by molar-refractivity contribution is -0.149. The van der Waals surface area contributed by atoms with Crippen LogP contribution in [0.4, 0.5) is 0 Å². The van der Waals surface area contributed by atoms with Crippen LogP contribution in [-0.4, -0.2) is 29.4 Å². The van der Waals surface area contributed by atoms with Crippen LogP contribution in [0.3, 0.4) is 0 Å². The smallest absolute Gasteiger partial charge is 0.329 e. The summed E-state index contributed by atoms with van der Waals surface area (Å²) in [5.41, 5.74) is 8.38. The summed E-state index contributed by atoms with van der Waals surface area (Å²) in [6, 6.07) is 16.7. The third-order valence-electron chi connectivity index (χ3n) is 5.05. The molecule has 0 unspecified atom stereocenters. The SMILES string of the molecule is NCCCCCC(=O)N[C@@H](Cc1c[nH]c2ccccc12)C(=O)OCc1ccccc1. The van der Waals surface area contributed by atoms with E-state index in [1.165, 1.54) is 0 Å². The molecule has 6 heteroatoms. The van der Waals surface area contributed by atoms with Gasteiger partial charge in [-0.15, -0.1) is 0 Å². The number of amides is 1. The summed E-state index contributed by atoms with van der Waals surface area (Å²) in [4.78, 5) is 28.5. The van der Waals surface area contributed by atoms with Crippen molar-refractivity contribution >= 4 is 22.8 Å². The van der Waals surface area contributed by atoms with Crippen molar-refractivity contribution < 1.29 is 14.3 Å². The predicted molar refractivity (Wildman–Crippen MR) is 118 cm³/mol. The van der Waals surface area contributed by atoms with Gasteiger partial charge in [0, 0.05) is 29.9 Å². The van der Waals surface area contributed by atoms with Gasteiger partial charge in [0.05, 0.1) is 0 Å². The van der Waals surface area contributed by atoms with Crippen molar-refractivity contribution in [2.45, 2.75) is 44.8 Å². The fourth-order valence-corrected chi connectivity index (χ4v) is 3.42. The number of hydrogen-bond donors (Lipinski definition) is 3. The number of benzene rings is 2. The second-order valence-corrected chi connectivity index (χ2v) is 7.38. The van der Waals surface area contributed by atoms with Gasteiger partial charge in [-0.3, -0.25) is 4.79 Å². The minimum absolute atomic E-state index is 0.145. The molecule has 2 aromatic carbocycles. The van der Waals surface area contributed by atoms with Gasteiger partial charge in [0.1, 0.15) is 12.6 Å². The lowest BCUT2D eigenvalue weighted by Crippen LogP contribution is -2.43. The number of aromatic nitrogens is 1. The van der Waals surface area contributed by atoms with Crippen molar-refractivity contribution in [1.29, 1.82) is 0 Å². The first kappa shape index (κ1) is 21.6. The number of unbranched alkanes of at least 4 members (excludes halogenated alkanes) is 2. The Balaban J connectivity index is 1.67. The molecule has 1 aromatic heterocycles. The number of aromatic amines is 1. The highest BCUT2D eigenvalue weighted by atomic mass is 16.5. The number of ether oxygens (including phenoxy) is 1. The molecule has 3 rings (SSSR count). The third-order valence-corrected chi connectivity index (χ3v) is 5.05. The molecule has 0 bridgehead atoms. The van der Waals surface area contributed by atoms with Crippen molar-refractivity contribution in [3.63, 3.8) is 0 Å². The monoisotopic (exact) mass is 407 g/mol. The average Bonchev–Trinajstić information content (AvgIpc) is 3.18. The minimum Gasteiger partial charge on any atom is -0.459 e. The largest absolute Gasteiger partial charge is 0.459 e. The van der Waals surface area contributed by atoms with E-state index < -0.39 is 12.0 Å². The zero-order valence-corrected chi connectivity index (χ0v) is 17.1. The number of carbonyl (C=O) groups excluding carboxylic acids is 2. The number of nitrogens with one attached hydrogen (secondary N) is 2. The Labute approximate surface area is 176 Å². The van der Waals surface area contributed by atoms with Crippen LogP contribution in [-0.2, 0) is 27.4 Å². The summed E-state index contributed by atoms with van der Waals surface area (Å²) in [5, 5.41) is 3.91. The number of esters is 1. The van der Waals surface area contributed by atoms with Crippen molar-refractivity contribution in [2.24, 2.45) is 5.73 Å². The van der Waals surface area contributed by atoms with E-state index in [-0.39, 0.29) is 12.5 Å². The molecule has 3 aromatic rings. The Morgan fingerprint density at radius 3 is 2.57 bits per heavy atom. The zero-order valence-electron chi connectivity index (χ0n) is 17.1. The summed E-state index contributed by atoms with van der Waals surface area (Å²) in [6.45, 7) is 0.799. The van der Waals surface area contributed by atoms with Crippen LogP contribution < -0.4 is 11.1 Å². The molecule has 0 saturated heterocycles. The lowest BCUT2D eigenvalue weighted by atomic mass is 10.0. The van der Waals surface area contributed by atoms with Crippen LogP contribution in [0.2, 0.25) is 0 Å². The number of H-pyrrole nitrogens is 1. The minimum atomic E-state index is -0.741. The molecule has 30 heavy (non-hydrogen) atoms. The Morgan fingerprint density at radius 2 is 1.77 bits per heavy atom. The molecular weight excluding hydrogens is 378 g/mol. The second-order valence-electron chi connectivity index (χ2n) is 7.38. The molecule has 4 N–H and O–H groups in total. The van der Waals surface area contributed by atoms with Gasteiger partial charge in [-0.25, -0.2) is 4.79 Å². The molecule has 0 fully saturated rings. The standard InChI is InChI=1S/C24H29N3O3/c25-14-8-2-5-13-23(28)27-22(24(29)30-17-18-9-3-1-4-10-18)15-19-16-26-21-12-7-6-11-20(19)21/h1,3-4,6-7,9-12,16,22,26H,2,5,8,13-15,17,25H2,(H,27,28)/t22-/m0/s1. The van der Waals surface area contributed by atoms with Gasteiger partial charge in [0.15, 0.2) is 0 Å². The van der Waals surface area contributed by atoms with Crippen LogP contribution in [0.5, 0.6) is 0 Å². The molecule has 0 saturated carbocycles. The van der Waals surface area contributed by atoms with E-state index in [4.69, 9.17) is 10.5 Å². The van der Waals surface area contributed by atoms with Gasteiger partial charge in [-0.1, -0.05) is 55.0 Å². The average molecular weight is 408 g/mol. The van der Waals surface area contributed by atoms with Crippen LogP contribution in [0.15, 0.2) is 60.8 Å². The Bertz CT molecular complexity index is 952. The molecule has 1 atom stereocenters. The first-order chi connectivity index (χ1) is 14.7. The molecule has 158 valence electrons. The van der Waals surface area contributed by atoms with E-state index in [9.17, 15) is 9.59 Å². The first-order valence-electron chi connectivity index (χ1n) is 10.4. The van der Waals surface area contributed by atoms with E-state index in [1.807, 2.05) is 60.8 Å². The molecule has 0 aliphatic rings. The van der Waals surface area contributed by atoms with Crippen LogP contribution in [0.25, 0.3) is 10.9 Å². The normalized spacial score (nSPS) is 11.9. The van der Waals surface area contributed by atoms with E-state index in [2.05, 4.69) is 10.3 Å². The highest BCUT2D eigenvalue weighted by molar-refractivity contribution is 5.87. The number of nitrogens with two attached hydrogens (primary N) is 1. The predicted octanol–water partition coefficient (Wildman–Crippen LogP) is 3.46. The second kappa shape index (κ2) is 11.2. The van der Waals surface area contributed by atoms with Gasteiger partial charge in [0.25, 0.3) is 0 Å². The highest BCUT2D eigenvalue weighted by Gasteiger charge is 2.24. The highest BCUT2D eigenvalue weighted by Crippen LogP contribution is 2.19. The van der Waals surface area contributed by atoms with Crippen LogP contribution in [0, 0.1) is 0 Å². The fourth-order valence-electron chi connectivity index (χ4n) is 3.42. The van der Waals surface area contributed by atoms with E-state index in [0.29, 0.717) is 19.4 Å². The number of fused-ring (bicyclic) bond motifs is 1. The van der Waals surface area contributed by atoms with Crippen LogP contribution in [0.1, 0.15) is 36.8 Å². The van der Waals surface area contributed by atoms with E-state index >= 15 is 0 Å². The third kappa shape index (κ3) is 6.19. The maximum absolute atomic E-state index is 12.8. The topological polar surface area (TPSA) is 97.2 Å². The molecule has 0 aliphatic carbocycles. The summed E-state index contributed by atoms with van der Waals surface area (Å²) in [7, 11) is 0. The summed E-state index contributed by atoms with van der Waals surface area (Å²) in [6.07, 6.45) is 5.17. The van der Waals surface area contributed by atoms with Crippen LogP contribution >= 0.6 is 0 Å². The summed E-state index contributed by atoms with van der Waals surface area (Å²) < 4.78 is 5.51. The Morgan fingerprint density at radius 1 is 1.00 bits per heavy atom. The van der Waals surface area contributed by atoms with Gasteiger partial charge in [-0.2, -0.15) is 0 Å². The Kier molecular flexibility index (Phi) is 8.03. The molecule has 0 spiro atoms. The molecule has 6 nitrogen and oxygen atoms in total. The molecule has 1 heterocycles. The van der Waals surface area contributed by atoms with Gasteiger partial charge >= 0.3 is 5.97 Å². The Hall–Kier alpha value is -3.12. The van der Waals surface area contributed by atoms with Crippen molar-refractivity contribution in [1.82, 2.24) is 10.3 Å². The summed E-state index contributed by atoms with van der Waals surface area (Å²) >= 11 is 0. The number of carbonyl (C=O) groups is 2. The van der Waals surface area contributed by atoms with E-state index in [0.717, 1.165) is 41.3 Å². The zero-order chi connectivity index (χ0) is 21.2. The van der Waals surface area contributed by atoms with Gasteiger partial charge in [0.2, 0.25) is 5.91 Å². The maximum atomic E-state index is 12.8. The fraction of sp³-hybridized carbons (Fsp3) is 0.333. The molecule has 0 radical (unpaired) electrons. The lowest BCUT2D eigenvalue weighted by Gasteiger charge is -2.18. The number of rotatable bonds is 11. The van der Waals surface area contributed by atoms with Crippen molar-refractivity contribution in [3.05, 3.63) is 71.9 Å². The van der Waals surface area contributed by atoms with Crippen molar-refractivity contribution in [2.75, 3.05) is 6.54 Å². The molecule has 1 amide bonds. The van der Waals surface area contributed by atoms with Gasteiger partial charge < -0.3 is 20.8 Å². The molecule has 0 aliphatic heterocycles. The van der Waals surface area contributed by atoms with E-state index in [1.54, 1.807) is 0 Å². The van der Waals surface area contributed by atoms with Gasteiger partial charge in [-0.05, 0) is 36.6 Å².